The van der Waals surface area contributed by atoms with Crippen LogP contribution in [0.25, 0.3) is 0 Å². The van der Waals surface area contributed by atoms with Gasteiger partial charge in [0.15, 0.2) is 11.4 Å². The summed E-state index contributed by atoms with van der Waals surface area (Å²) in [6, 6.07) is 33.4. The van der Waals surface area contributed by atoms with Gasteiger partial charge in [0, 0.05) is 29.0 Å². The highest BCUT2D eigenvalue weighted by atomic mass is 16.6. The normalized spacial score (nSPS) is 18.0. The lowest BCUT2D eigenvalue weighted by atomic mass is 9.75. The predicted octanol–water partition coefficient (Wildman–Crippen LogP) is 5.62. The minimum atomic E-state index is -1.13. The maximum absolute atomic E-state index is 15.1. The molecule has 1 aliphatic rings. The summed E-state index contributed by atoms with van der Waals surface area (Å²) in [6.45, 7) is 1.86. The van der Waals surface area contributed by atoms with Crippen molar-refractivity contribution in [2.24, 2.45) is 5.10 Å². The first-order valence-corrected chi connectivity index (χ1v) is 9.97. The topological polar surface area (TPSA) is 48.3 Å². The van der Waals surface area contributed by atoms with E-state index in [1.165, 1.54) is 0 Å². The summed E-state index contributed by atoms with van der Waals surface area (Å²) >= 11 is 0. The van der Waals surface area contributed by atoms with Crippen LogP contribution in [-0.4, -0.2) is 10.7 Å². The number of fused-ring (bicyclic) bond motifs is 1. The molecule has 0 N–H and O–H groups in total. The van der Waals surface area contributed by atoms with Crippen LogP contribution < -0.4 is 4.76 Å². The zero-order valence-corrected chi connectivity index (χ0v) is 16.6. The molecule has 2 heterocycles. The van der Waals surface area contributed by atoms with Gasteiger partial charge in [-0.25, -0.2) is 4.98 Å². The summed E-state index contributed by atoms with van der Waals surface area (Å²) in [6.07, 6.45) is 1.71. The van der Waals surface area contributed by atoms with Crippen molar-refractivity contribution in [1.82, 2.24) is 9.74 Å². The van der Waals surface area contributed by atoms with E-state index in [4.69, 9.17) is 5.10 Å². The van der Waals surface area contributed by atoms with Crippen molar-refractivity contribution in [2.75, 3.05) is 0 Å². The van der Waals surface area contributed by atoms with Crippen LogP contribution in [0.4, 0.5) is 5.69 Å². The molecule has 1 aromatic heterocycles. The molecule has 3 aromatic carbocycles. The fourth-order valence-corrected chi connectivity index (χ4v) is 4.55. The maximum Gasteiger partial charge on any atom is 0.205 e. The first-order valence-electron chi connectivity index (χ1n) is 9.97. The Morgan fingerprint density at radius 3 is 1.60 bits per heavy atom. The van der Waals surface area contributed by atoms with E-state index in [0.29, 0.717) is 17.1 Å². The standard InChI is InChI=1S/C26H21N3O/c1-20-25-24(18-11-19-27-25)29(30,28-20)26(21-12-5-2-6-13-21,22-14-7-3-8-15-22)23-16-9-4-10-17-23/h2-19H,1H3. The second-order valence-corrected chi connectivity index (χ2v) is 7.44. The third-order valence-electron chi connectivity index (χ3n) is 5.78. The first kappa shape index (κ1) is 18.4. The predicted molar refractivity (Wildman–Crippen MR) is 121 cm³/mol. The lowest BCUT2D eigenvalue weighted by Gasteiger charge is -2.50. The van der Waals surface area contributed by atoms with Crippen LogP contribution in [0, 0.1) is 5.21 Å². The molecule has 0 spiro atoms. The molecule has 1 atom stereocenters. The maximum atomic E-state index is 15.1. The largest absolute Gasteiger partial charge is 0.598 e. The molecule has 0 amide bonds. The van der Waals surface area contributed by atoms with Gasteiger partial charge < -0.3 is 5.21 Å². The van der Waals surface area contributed by atoms with Crippen LogP contribution in [0.2, 0.25) is 0 Å². The van der Waals surface area contributed by atoms with Crippen LogP contribution in [0.15, 0.2) is 114 Å². The minimum Gasteiger partial charge on any atom is -0.598 e. The van der Waals surface area contributed by atoms with Gasteiger partial charge in [-0.3, -0.25) is 0 Å². The molecular weight excluding hydrogens is 370 g/mol. The van der Waals surface area contributed by atoms with Crippen LogP contribution in [0.3, 0.4) is 0 Å². The Bertz CT molecular complexity index is 1110. The van der Waals surface area contributed by atoms with E-state index in [0.717, 1.165) is 16.7 Å². The lowest BCUT2D eigenvalue weighted by Crippen LogP contribution is -2.57. The number of aromatic nitrogens is 1. The molecular formula is C26H21N3O. The molecule has 0 radical (unpaired) electrons. The summed E-state index contributed by atoms with van der Waals surface area (Å²) in [5, 5.41) is 19.8. The molecule has 0 bridgehead atoms. The number of hydrogen-bond donors (Lipinski definition) is 0. The second-order valence-electron chi connectivity index (χ2n) is 7.44. The SMILES string of the molecule is CC1=N[N+]([O-])(C(c2ccccc2)(c2ccccc2)c2ccccc2)c2cccnc21. The van der Waals surface area contributed by atoms with Crippen LogP contribution >= 0.6 is 0 Å². The van der Waals surface area contributed by atoms with Gasteiger partial charge in [-0.2, -0.15) is 4.76 Å². The summed E-state index contributed by atoms with van der Waals surface area (Å²) in [5.74, 6) is 0. The van der Waals surface area contributed by atoms with Crippen molar-refractivity contribution in [2.45, 2.75) is 12.5 Å². The Hall–Kier alpha value is -3.60. The smallest absolute Gasteiger partial charge is 0.205 e. The Labute approximate surface area is 175 Å². The molecule has 0 saturated heterocycles. The molecule has 1 aliphatic heterocycles. The van der Waals surface area contributed by atoms with Crippen molar-refractivity contribution < 1.29 is 0 Å². The van der Waals surface area contributed by atoms with Gasteiger partial charge in [0.05, 0.1) is 0 Å². The summed E-state index contributed by atoms with van der Waals surface area (Å²) < 4.78 is -0.903. The highest BCUT2D eigenvalue weighted by Crippen LogP contribution is 2.52. The van der Waals surface area contributed by atoms with Gasteiger partial charge in [0.1, 0.15) is 5.71 Å². The average Bonchev–Trinajstić information content (AvgIpc) is 3.08. The van der Waals surface area contributed by atoms with Gasteiger partial charge in [-0.05, 0) is 13.0 Å². The van der Waals surface area contributed by atoms with Crippen molar-refractivity contribution in [3.63, 3.8) is 0 Å². The number of pyridine rings is 1. The molecule has 1 unspecified atom stereocenters. The van der Waals surface area contributed by atoms with Crippen LogP contribution in [0.5, 0.6) is 0 Å². The van der Waals surface area contributed by atoms with Gasteiger partial charge in [0.25, 0.3) is 0 Å². The van der Waals surface area contributed by atoms with E-state index in [1.807, 2.05) is 110 Å². The molecule has 30 heavy (non-hydrogen) atoms. The Morgan fingerprint density at radius 1 is 0.667 bits per heavy atom. The first-order chi connectivity index (χ1) is 14.7. The van der Waals surface area contributed by atoms with E-state index in [1.54, 1.807) is 6.20 Å². The molecule has 4 aromatic rings. The number of quaternary nitrogens is 1. The van der Waals surface area contributed by atoms with E-state index in [-0.39, 0.29) is 0 Å². The van der Waals surface area contributed by atoms with Gasteiger partial charge >= 0.3 is 0 Å². The minimum absolute atomic E-state index is 0.548. The molecule has 0 saturated carbocycles. The third kappa shape index (κ3) is 2.48. The Morgan fingerprint density at radius 2 is 1.13 bits per heavy atom. The van der Waals surface area contributed by atoms with Gasteiger partial charge in [-0.15, -0.1) is 0 Å². The lowest BCUT2D eigenvalue weighted by molar-refractivity contribution is 0.247. The highest BCUT2D eigenvalue weighted by Gasteiger charge is 2.56. The fourth-order valence-electron chi connectivity index (χ4n) is 4.55. The molecule has 0 aliphatic carbocycles. The van der Waals surface area contributed by atoms with E-state index >= 15 is 5.21 Å². The quantitative estimate of drug-likeness (QED) is 0.258. The van der Waals surface area contributed by atoms with Crippen molar-refractivity contribution >= 4 is 11.4 Å². The number of benzene rings is 3. The van der Waals surface area contributed by atoms with Crippen LogP contribution in [0.1, 0.15) is 29.3 Å². The monoisotopic (exact) mass is 391 g/mol. The molecule has 4 heteroatoms. The van der Waals surface area contributed by atoms with Crippen molar-refractivity contribution in [3.8, 4) is 0 Å². The fraction of sp³-hybridized carbons (Fsp3) is 0.0769. The molecule has 4 nitrogen and oxygen atoms in total. The summed E-state index contributed by atoms with van der Waals surface area (Å²) in [5.41, 5.74) is 3.36. The van der Waals surface area contributed by atoms with E-state index in [2.05, 4.69) is 4.98 Å². The highest BCUT2D eigenvalue weighted by molar-refractivity contribution is 6.04. The summed E-state index contributed by atoms with van der Waals surface area (Å²) in [4.78, 5) is 4.48. The summed E-state index contributed by atoms with van der Waals surface area (Å²) in [7, 11) is 0. The number of hydrogen-bond acceptors (Lipinski definition) is 3. The second kappa shape index (κ2) is 7.02. The van der Waals surface area contributed by atoms with Crippen LogP contribution in [-0.2, 0) is 5.54 Å². The van der Waals surface area contributed by atoms with Crippen molar-refractivity contribution in [1.29, 1.82) is 0 Å². The van der Waals surface area contributed by atoms with Gasteiger partial charge in [-0.1, -0.05) is 96.1 Å². The van der Waals surface area contributed by atoms with E-state index < -0.39 is 10.3 Å². The number of hydroxylamine groups is 1. The molecule has 5 rings (SSSR count). The van der Waals surface area contributed by atoms with Crippen molar-refractivity contribution in [3.05, 3.63) is 137 Å². The molecule has 0 fully saturated rings. The Kier molecular flexibility index (Phi) is 4.31. The molecule has 146 valence electrons. The number of nitrogens with zero attached hydrogens (tertiary/aromatic N) is 3. The third-order valence-corrected chi connectivity index (χ3v) is 5.78. The Balaban J connectivity index is 1.96. The van der Waals surface area contributed by atoms with E-state index in [9.17, 15) is 0 Å². The zero-order chi connectivity index (χ0) is 20.6. The number of rotatable bonds is 4. The van der Waals surface area contributed by atoms with Gasteiger partial charge in [0.2, 0.25) is 5.54 Å². The zero-order valence-electron chi connectivity index (χ0n) is 16.6. The average molecular weight is 391 g/mol.